The second kappa shape index (κ2) is 5.43. The third-order valence-corrected chi connectivity index (χ3v) is 4.77. The van der Waals surface area contributed by atoms with Crippen LogP contribution in [0.25, 0.3) is 0 Å². The van der Waals surface area contributed by atoms with Gasteiger partial charge in [0.2, 0.25) is 0 Å². The molecule has 0 amide bonds. The van der Waals surface area contributed by atoms with Crippen LogP contribution in [0, 0.1) is 0 Å². The average molecular weight is 301 g/mol. The highest BCUT2D eigenvalue weighted by atomic mass is 79.9. The molecule has 0 aliphatic carbocycles. The molecule has 0 radical (unpaired) electrons. The maximum Gasteiger partial charge on any atom is 0.0586 e. The van der Waals surface area contributed by atoms with Crippen LogP contribution < -0.4 is 11.1 Å². The van der Waals surface area contributed by atoms with E-state index in [1.54, 1.807) is 0 Å². The van der Waals surface area contributed by atoms with Crippen molar-refractivity contribution in [2.75, 3.05) is 23.4 Å². The van der Waals surface area contributed by atoms with E-state index in [-0.39, 0.29) is 5.54 Å². The minimum absolute atomic E-state index is 0.0870. The molecule has 1 aliphatic rings. The highest BCUT2D eigenvalue weighted by Gasteiger charge is 2.30. The maximum atomic E-state index is 5.94. The predicted molar refractivity (Wildman–Crippen MR) is 76.1 cm³/mol. The molecule has 0 bridgehead atoms. The Morgan fingerprint density at radius 3 is 3.00 bits per heavy atom. The summed E-state index contributed by atoms with van der Waals surface area (Å²) in [6.07, 6.45) is 2.42. The predicted octanol–water partition coefficient (Wildman–Crippen LogP) is 3.09. The minimum atomic E-state index is 0.0870. The standard InChI is InChI=1S/C12H17BrN2S/c13-10-3-1-4-11(7-10)15-12(8-14)5-2-6-16-9-12/h1,3-4,7,15H,2,5-6,8-9,14H2. The summed E-state index contributed by atoms with van der Waals surface area (Å²) in [5.74, 6) is 2.37. The van der Waals surface area contributed by atoms with Gasteiger partial charge in [0.15, 0.2) is 0 Å². The van der Waals surface area contributed by atoms with Crippen molar-refractivity contribution >= 4 is 33.4 Å². The van der Waals surface area contributed by atoms with E-state index in [2.05, 4.69) is 33.4 Å². The molecular weight excluding hydrogens is 284 g/mol. The first-order valence-corrected chi connectivity index (χ1v) is 7.50. The minimum Gasteiger partial charge on any atom is -0.377 e. The summed E-state index contributed by atoms with van der Waals surface area (Å²) in [5.41, 5.74) is 7.18. The first-order valence-electron chi connectivity index (χ1n) is 5.56. The van der Waals surface area contributed by atoms with Crippen molar-refractivity contribution in [1.82, 2.24) is 0 Å². The molecule has 1 unspecified atom stereocenters. The summed E-state index contributed by atoms with van der Waals surface area (Å²) in [7, 11) is 0. The third-order valence-electron chi connectivity index (χ3n) is 2.95. The highest BCUT2D eigenvalue weighted by Crippen LogP contribution is 2.30. The molecule has 16 heavy (non-hydrogen) atoms. The molecule has 0 aromatic heterocycles. The van der Waals surface area contributed by atoms with Gasteiger partial charge in [0, 0.05) is 22.5 Å². The lowest BCUT2D eigenvalue weighted by Gasteiger charge is -2.37. The summed E-state index contributed by atoms with van der Waals surface area (Å²) in [4.78, 5) is 0. The number of anilines is 1. The van der Waals surface area contributed by atoms with Crippen LogP contribution in [-0.2, 0) is 0 Å². The fourth-order valence-corrected chi connectivity index (χ4v) is 3.65. The second-order valence-electron chi connectivity index (χ2n) is 4.28. The molecule has 88 valence electrons. The Hall–Kier alpha value is -0.190. The molecule has 4 heteroatoms. The first kappa shape index (κ1) is 12.3. The monoisotopic (exact) mass is 300 g/mol. The van der Waals surface area contributed by atoms with Crippen molar-refractivity contribution < 1.29 is 0 Å². The average Bonchev–Trinajstić information content (AvgIpc) is 2.30. The quantitative estimate of drug-likeness (QED) is 0.901. The van der Waals surface area contributed by atoms with Gasteiger partial charge in [-0.2, -0.15) is 11.8 Å². The summed E-state index contributed by atoms with van der Waals surface area (Å²) in [6.45, 7) is 0.701. The summed E-state index contributed by atoms with van der Waals surface area (Å²) in [6, 6.07) is 8.29. The van der Waals surface area contributed by atoms with Gasteiger partial charge < -0.3 is 11.1 Å². The fraction of sp³-hybridized carbons (Fsp3) is 0.500. The fourth-order valence-electron chi connectivity index (χ4n) is 2.04. The Morgan fingerprint density at radius 1 is 1.50 bits per heavy atom. The van der Waals surface area contributed by atoms with Crippen LogP contribution in [0.1, 0.15) is 12.8 Å². The van der Waals surface area contributed by atoms with Gasteiger partial charge in [-0.05, 0) is 36.8 Å². The van der Waals surface area contributed by atoms with Crippen molar-refractivity contribution in [2.45, 2.75) is 18.4 Å². The molecule has 1 aliphatic heterocycles. The lowest BCUT2D eigenvalue weighted by molar-refractivity contribution is 0.476. The topological polar surface area (TPSA) is 38.0 Å². The number of hydrogen-bond acceptors (Lipinski definition) is 3. The molecule has 3 N–H and O–H groups in total. The van der Waals surface area contributed by atoms with Crippen LogP contribution in [0.5, 0.6) is 0 Å². The van der Waals surface area contributed by atoms with E-state index in [9.17, 15) is 0 Å². The molecule has 0 spiro atoms. The normalized spacial score (nSPS) is 25.4. The molecule has 1 aromatic rings. The molecule has 1 heterocycles. The Morgan fingerprint density at radius 2 is 2.38 bits per heavy atom. The Labute approximate surface area is 109 Å². The van der Waals surface area contributed by atoms with Gasteiger partial charge in [-0.1, -0.05) is 22.0 Å². The number of thioether (sulfide) groups is 1. The van der Waals surface area contributed by atoms with Crippen molar-refractivity contribution in [1.29, 1.82) is 0 Å². The highest BCUT2D eigenvalue weighted by molar-refractivity contribution is 9.10. The van der Waals surface area contributed by atoms with Crippen LogP contribution in [-0.4, -0.2) is 23.6 Å². The van der Waals surface area contributed by atoms with Gasteiger partial charge >= 0.3 is 0 Å². The number of nitrogens with one attached hydrogen (secondary N) is 1. The van der Waals surface area contributed by atoms with Crippen molar-refractivity contribution in [3.05, 3.63) is 28.7 Å². The van der Waals surface area contributed by atoms with Crippen LogP contribution in [0.3, 0.4) is 0 Å². The van der Waals surface area contributed by atoms with Crippen molar-refractivity contribution in [2.24, 2.45) is 5.73 Å². The maximum absolute atomic E-state index is 5.94. The SMILES string of the molecule is NCC1(Nc2cccc(Br)c2)CCCSC1. The Kier molecular flexibility index (Phi) is 4.16. The summed E-state index contributed by atoms with van der Waals surface area (Å²) in [5, 5.41) is 3.61. The molecule has 1 fully saturated rings. The van der Waals surface area contributed by atoms with Gasteiger partial charge in [-0.15, -0.1) is 0 Å². The van der Waals surface area contributed by atoms with Crippen LogP contribution in [0.4, 0.5) is 5.69 Å². The summed E-state index contributed by atoms with van der Waals surface area (Å²) >= 11 is 5.49. The van der Waals surface area contributed by atoms with Gasteiger partial charge in [0.25, 0.3) is 0 Å². The Bertz CT molecular complexity index is 351. The number of halogens is 1. The van der Waals surface area contributed by atoms with E-state index in [0.29, 0.717) is 6.54 Å². The van der Waals surface area contributed by atoms with Crippen LogP contribution in [0.2, 0.25) is 0 Å². The summed E-state index contributed by atoms with van der Waals surface area (Å²) < 4.78 is 1.10. The zero-order chi connectivity index (χ0) is 11.4. The Balaban J connectivity index is 2.11. The number of benzene rings is 1. The van der Waals surface area contributed by atoms with Gasteiger partial charge in [0.1, 0.15) is 0 Å². The lowest BCUT2D eigenvalue weighted by Crippen LogP contribution is -2.49. The molecule has 1 atom stereocenters. The molecule has 2 rings (SSSR count). The van der Waals surface area contributed by atoms with Gasteiger partial charge in [-0.3, -0.25) is 0 Å². The molecule has 0 saturated carbocycles. The number of rotatable bonds is 3. The number of nitrogens with two attached hydrogens (primary N) is 1. The smallest absolute Gasteiger partial charge is 0.0586 e. The van der Waals surface area contributed by atoms with Crippen molar-refractivity contribution in [3.63, 3.8) is 0 Å². The van der Waals surface area contributed by atoms with E-state index in [1.165, 1.54) is 18.6 Å². The van der Waals surface area contributed by atoms with E-state index in [0.717, 1.165) is 15.9 Å². The molecule has 1 saturated heterocycles. The molecule has 2 nitrogen and oxygen atoms in total. The van der Waals surface area contributed by atoms with Crippen LogP contribution >= 0.6 is 27.7 Å². The third kappa shape index (κ3) is 2.93. The van der Waals surface area contributed by atoms with Gasteiger partial charge in [-0.25, -0.2) is 0 Å². The van der Waals surface area contributed by atoms with Crippen molar-refractivity contribution in [3.8, 4) is 0 Å². The van der Waals surface area contributed by atoms with Crippen LogP contribution in [0.15, 0.2) is 28.7 Å². The largest absolute Gasteiger partial charge is 0.377 e. The van der Waals surface area contributed by atoms with E-state index >= 15 is 0 Å². The number of hydrogen-bond donors (Lipinski definition) is 2. The van der Waals surface area contributed by atoms with Gasteiger partial charge in [0.05, 0.1) is 5.54 Å². The van der Waals surface area contributed by atoms with E-state index in [4.69, 9.17) is 5.73 Å². The zero-order valence-corrected chi connectivity index (χ0v) is 11.6. The molecular formula is C12H17BrN2S. The zero-order valence-electron chi connectivity index (χ0n) is 9.21. The first-order chi connectivity index (χ1) is 7.74. The second-order valence-corrected chi connectivity index (χ2v) is 6.30. The van der Waals surface area contributed by atoms with E-state index in [1.807, 2.05) is 23.9 Å². The molecule has 1 aromatic carbocycles. The van der Waals surface area contributed by atoms with E-state index < -0.39 is 0 Å². The lowest BCUT2D eigenvalue weighted by atomic mass is 9.95.